The summed E-state index contributed by atoms with van der Waals surface area (Å²) < 4.78 is 27.0. The third-order valence-electron chi connectivity index (χ3n) is 2.73. The van der Waals surface area contributed by atoms with E-state index < -0.39 is 10.1 Å². The van der Waals surface area contributed by atoms with Crippen molar-refractivity contribution >= 4 is 27.1 Å². The third-order valence-corrected chi connectivity index (χ3v) is 3.18. The molecule has 0 saturated heterocycles. The predicted molar refractivity (Wildman–Crippen MR) is 76.5 cm³/mol. The van der Waals surface area contributed by atoms with E-state index in [1.54, 1.807) is 0 Å². The molecule has 10 heteroatoms. The van der Waals surface area contributed by atoms with Gasteiger partial charge in [0.15, 0.2) is 11.5 Å². The highest BCUT2D eigenvalue weighted by Crippen LogP contribution is 2.20. The average Bonchev–Trinajstić information content (AvgIpc) is 2.84. The Hall–Kier alpha value is -1.94. The van der Waals surface area contributed by atoms with E-state index in [1.807, 2.05) is 6.92 Å². The van der Waals surface area contributed by atoms with E-state index in [0.29, 0.717) is 23.5 Å². The highest BCUT2D eigenvalue weighted by atomic mass is 32.2. The zero-order valence-corrected chi connectivity index (χ0v) is 12.5. The van der Waals surface area contributed by atoms with Crippen molar-refractivity contribution < 1.29 is 17.7 Å². The maximum absolute atomic E-state index is 11.1. The summed E-state index contributed by atoms with van der Waals surface area (Å²) in [5.74, 6) is 0.560. The Morgan fingerprint density at radius 3 is 2.90 bits per heavy atom. The molecule has 0 bridgehead atoms. The Labute approximate surface area is 121 Å². The molecule has 3 N–H and O–H groups in total. The van der Waals surface area contributed by atoms with Gasteiger partial charge in [0, 0.05) is 13.2 Å². The maximum Gasteiger partial charge on any atom is 0.337 e. The van der Waals surface area contributed by atoms with Gasteiger partial charge in [0.2, 0.25) is 0 Å². The Morgan fingerprint density at radius 2 is 2.24 bits per heavy atom. The van der Waals surface area contributed by atoms with Gasteiger partial charge in [-0.2, -0.15) is 18.4 Å². The van der Waals surface area contributed by atoms with Crippen molar-refractivity contribution in [2.75, 3.05) is 24.7 Å². The molecule has 2 rings (SSSR count). The zero-order valence-electron chi connectivity index (χ0n) is 11.7. The second kappa shape index (κ2) is 6.22. The molecular weight excluding hydrogens is 298 g/mol. The first kappa shape index (κ1) is 15.4. The van der Waals surface area contributed by atoms with Crippen LogP contribution in [0.1, 0.15) is 13.3 Å². The zero-order chi connectivity index (χ0) is 15.5. The van der Waals surface area contributed by atoms with Crippen molar-refractivity contribution in [2.24, 2.45) is 5.92 Å². The van der Waals surface area contributed by atoms with Gasteiger partial charge in [0.1, 0.15) is 5.52 Å². The van der Waals surface area contributed by atoms with Crippen molar-refractivity contribution in [1.82, 2.24) is 19.9 Å². The number of hydrogen-bond acceptors (Lipinski definition) is 8. The summed E-state index contributed by atoms with van der Waals surface area (Å²) in [5.41, 5.74) is 0.869. The summed E-state index contributed by atoms with van der Waals surface area (Å²) in [5, 5.41) is 12.0. The molecule has 9 nitrogen and oxygen atoms in total. The Morgan fingerprint density at radius 1 is 1.48 bits per heavy atom. The molecule has 0 radical (unpaired) electrons. The van der Waals surface area contributed by atoms with Crippen LogP contribution in [-0.2, 0) is 10.1 Å². The average molecular weight is 315 g/mol. The largest absolute Gasteiger partial charge is 0.396 e. The van der Waals surface area contributed by atoms with Gasteiger partial charge < -0.3 is 19.6 Å². The smallest absolute Gasteiger partial charge is 0.337 e. The number of hydrogen-bond donors (Lipinski definition) is 3. The lowest BCUT2D eigenvalue weighted by atomic mass is 10.1. The standard InChI is InChI=1S/C11H17N5O4S/c1-7(5-17)3-4-12-9-8-10(14-6-13-8)16-11(15-9)20-21(2,18)19/h6-7,17H,3-5H2,1-2H3,(H2,12,13,14,15,16). The molecule has 2 heterocycles. The molecule has 2 aromatic rings. The summed E-state index contributed by atoms with van der Waals surface area (Å²) in [4.78, 5) is 14.8. The van der Waals surface area contributed by atoms with Crippen LogP contribution in [0.4, 0.5) is 5.82 Å². The first-order chi connectivity index (χ1) is 9.89. The van der Waals surface area contributed by atoms with Crippen molar-refractivity contribution in [3.63, 3.8) is 0 Å². The third kappa shape index (κ3) is 4.26. The number of nitrogens with zero attached hydrogens (tertiary/aromatic N) is 3. The molecule has 0 aliphatic rings. The summed E-state index contributed by atoms with van der Waals surface area (Å²) >= 11 is 0. The molecule has 2 aromatic heterocycles. The quantitative estimate of drug-likeness (QED) is 0.614. The Bertz CT molecular complexity index is 714. The fourth-order valence-electron chi connectivity index (χ4n) is 1.64. The van der Waals surface area contributed by atoms with Crippen molar-refractivity contribution in [3.05, 3.63) is 6.33 Å². The molecule has 116 valence electrons. The lowest BCUT2D eigenvalue weighted by Gasteiger charge is -2.10. The van der Waals surface area contributed by atoms with Crippen molar-refractivity contribution in [3.8, 4) is 6.01 Å². The second-order valence-electron chi connectivity index (χ2n) is 4.75. The normalized spacial score (nSPS) is 13.3. The highest BCUT2D eigenvalue weighted by molar-refractivity contribution is 7.86. The van der Waals surface area contributed by atoms with Gasteiger partial charge in [-0.25, -0.2) is 4.98 Å². The maximum atomic E-state index is 11.1. The molecule has 0 amide bonds. The molecule has 1 unspecified atom stereocenters. The van der Waals surface area contributed by atoms with Crippen LogP contribution in [0.15, 0.2) is 6.33 Å². The van der Waals surface area contributed by atoms with Crippen LogP contribution >= 0.6 is 0 Å². The van der Waals surface area contributed by atoms with E-state index >= 15 is 0 Å². The number of fused-ring (bicyclic) bond motifs is 1. The minimum atomic E-state index is -3.71. The number of aromatic amines is 1. The first-order valence-corrected chi connectivity index (χ1v) is 8.16. The first-order valence-electron chi connectivity index (χ1n) is 6.34. The number of nitrogens with one attached hydrogen (secondary N) is 2. The van der Waals surface area contributed by atoms with Crippen LogP contribution in [0.2, 0.25) is 0 Å². The Balaban J connectivity index is 2.22. The van der Waals surface area contributed by atoms with Crippen LogP contribution in [0.5, 0.6) is 6.01 Å². The molecule has 0 aromatic carbocycles. The summed E-state index contributed by atoms with van der Waals surface area (Å²) in [6, 6.07) is -0.283. The van der Waals surface area contributed by atoms with Crippen molar-refractivity contribution in [2.45, 2.75) is 13.3 Å². The lowest BCUT2D eigenvalue weighted by molar-refractivity contribution is 0.233. The van der Waals surface area contributed by atoms with E-state index in [2.05, 4.69) is 29.4 Å². The highest BCUT2D eigenvalue weighted by Gasteiger charge is 2.14. The van der Waals surface area contributed by atoms with Crippen molar-refractivity contribution in [1.29, 1.82) is 0 Å². The number of aliphatic hydroxyl groups excluding tert-OH is 1. The fourth-order valence-corrected chi connectivity index (χ4v) is 1.99. The monoisotopic (exact) mass is 315 g/mol. The fraction of sp³-hybridized carbons (Fsp3) is 0.545. The van der Waals surface area contributed by atoms with Crippen LogP contribution in [0.25, 0.3) is 11.2 Å². The van der Waals surface area contributed by atoms with E-state index in [0.717, 1.165) is 12.7 Å². The molecule has 21 heavy (non-hydrogen) atoms. The van der Waals surface area contributed by atoms with Gasteiger partial charge >= 0.3 is 16.1 Å². The molecule has 0 saturated carbocycles. The van der Waals surface area contributed by atoms with Crippen LogP contribution in [-0.4, -0.2) is 52.9 Å². The number of rotatable bonds is 7. The van der Waals surface area contributed by atoms with Crippen LogP contribution in [0, 0.1) is 5.92 Å². The van der Waals surface area contributed by atoms with Gasteiger partial charge in [0.05, 0.1) is 12.6 Å². The molecule has 0 aliphatic heterocycles. The van der Waals surface area contributed by atoms with Gasteiger partial charge in [-0.05, 0) is 12.3 Å². The van der Waals surface area contributed by atoms with Crippen LogP contribution in [0.3, 0.4) is 0 Å². The summed E-state index contributed by atoms with van der Waals surface area (Å²) in [7, 11) is -3.71. The molecule has 1 atom stereocenters. The van der Waals surface area contributed by atoms with Gasteiger partial charge in [0.25, 0.3) is 0 Å². The minimum absolute atomic E-state index is 0.105. The minimum Gasteiger partial charge on any atom is -0.396 e. The molecule has 0 fully saturated rings. The topological polar surface area (TPSA) is 130 Å². The van der Waals surface area contributed by atoms with Gasteiger partial charge in [-0.15, -0.1) is 0 Å². The number of aliphatic hydroxyl groups is 1. The summed E-state index contributed by atoms with van der Waals surface area (Å²) in [6.07, 6.45) is 3.09. The van der Waals surface area contributed by atoms with E-state index in [9.17, 15) is 8.42 Å². The predicted octanol–water partition coefficient (Wildman–Crippen LogP) is 0.122. The van der Waals surface area contributed by atoms with E-state index in [4.69, 9.17) is 5.11 Å². The number of anilines is 1. The molecule has 0 spiro atoms. The number of H-pyrrole nitrogens is 1. The SMILES string of the molecule is CC(CO)CCNc1nc(OS(C)(=O)=O)nc2nc[nH]c12. The van der Waals surface area contributed by atoms with E-state index in [1.165, 1.54) is 6.33 Å². The van der Waals surface area contributed by atoms with Gasteiger partial charge in [-0.1, -0.05) is 6.92 Å². The summed E-state index contributed by atoms with van der Waals surface area (Å²) in [6.45, 7) is 2.59. The van der Waals surface area contributed by atoms with E-state index in [-0.39, 0.29) is 18.5 Å². The number of aromatic nitrogens is 4. The van der Waals surface area contributed by atoms with Crippen LogP contribution < -0.4 is 9.50 Å². The van der Waals surface area contributed by atoms with Gasteiger partial charge in [-0.3, -0.25) is 0 Å². The molecule has 0 aliphatic carbocycles. The molecular formula is C11H17N5O4S. The second-order valence-corrected chi connectivity index (χ2v) is 6.32. The number of imidazole rings is 1. The lowest BCUT2D eigenvalue weighted by Crippen LogP contribution is -2.13. The Kier molecular flexibility index (Phi) is 4.58.